The summed E-state index contributed by atoms with van der Waals surface area (Å²) in [4.78, 5) is 11.4. The summed E-state index contributed by atoms with van der Waals surface area (Å²) in [7, 11) is 0. The van der Waals surface area contributed by atoms with Crippen LogP contribution < -0.4 is 5.32 Å². The van der Waals surface area contributed by atoms with E-state index in [1.807, 2.05) is 0 Å². The van der Waals surface area contributed by atoms with Crippen LogP contribution in [0.2, 0.25) is 0 Å². The van der Waals surface area contributed by atoms with E-state index in [1.54, 1.807) is 6.92 Å². The van der Waals surface area contributed by atoms with Gasteiger partial charge in [0.2, 0.25) is 5.91 Å². The average molecular weight is 213 g/mol. The molecule has 88 valence electrons. The summed E-state index contributed by atoms with van der Waals surface area (Å²) in [5, 5.41) is 2.81. The van der Waals surface area contributed by atoms with Gasteiger partial charge in [-0.15, -0.1) is 0 Å². The third-order valence-electron chi connectivity index (χ3n) is 1.86. The standard InChI is InChI=1S/C12H23NO2/c1-6-7-11(15-8-9(2)3)13-12(14)10(4)5/h9,11H,4,6-8H2,1-3,5H3,(H,13,14). The van der Waals surface area contributed by atoms with Crippen LogP contribution in [-0.2, 0) is 9.53 Å². The molecule has 0 radical (unpaired) electrons. The lowest BCUT2D eigenvalue weighted by Gasteiger charge is -2.20. The fourth-order valence-corrected chi connectivity index (χ4v) is 1.04. The normalized spacial score (nSPS) is 12.6. The van der Waals surface area contributed by atoms with Crippen molar-refractivity contribution in [2.24, 2.45) is 5.92 Å². The van der Waals surface area contributed by atoms with Crippen molar-refractivity contribution in [1.29, 1.82) is 0 Å². The van der Waals surface area contributed by atoms with E-state index in [4.69, 9.17) is 4.74 Å². The molecule has 1 atom stereocenters. The summed E-state index contributed by atoms with van der Waals surface area (Å²) in [6.45, 7) is 12.2. The molecule has 0 saturated heterocycles. The van der Waals surface area contributed by atoms with E-state index < -0.39 is 0 Å². The van der Waals surface area contributed by atoms with Crippen LogP contribution in [0.1, 0.15) is 40.5 Å². The highest BCUT2D eigenvalue weighted by atomic mass is 16.5. The molecule has 1 unspecified atom stereocenters. The number of rotatable bonds is 7. The van der Waals surface area contributed by atoms with Crippen molar-refractivity contribution < 1.29 is 9.53 Å². The van der Waals surface area contributed by atoms with Crippen molar-refractivity contribution in [3.05, 3.63) is 12.2 Å². The summed E-state index contributed by atoms with van der Waals surface area (Å²) in [5.74, 6) is 0.350. The third kappa shape index (κ3) is 7.14. The van der Waals surface area contributed by atoms with Gasteiger partial charge in [0, 0.05) is 5.57 Å². The van der Waals surface area contributed by atoms with E-state index >= 15 is 0 Å². The van der Waals surface area contributed by atoms with E-state index in [2.05, 4.69) is 32.7 Å². The van der Waals surface area contributed by atoms with Gasteiger partial charge < -0.3 is 10.1 Å². The molecule has 0 saturated carbocycles. The fourth-order valence-electron chi connectivity index (χ4n) is 1.04. The number of hydrogen-bond acceptors (Lipinski definition) is 2. The highest BCUT2D eigenvalue weighted by Gasteiger charge is 2.12. The first-order valence-electron chi connectivity index (χ1n) is 5.55. The second-order valence-electron chi connectivity index (χ2n) is 4.26. The lowest BCUT2D eigenvalue weighted by atomic mass is 10.2. The Morgan fingerprint density at radius 1 is 1.47 bits per heavy atom. The molecule has 15 heavy (non-hydrogen) atoms. The van der Waals surface area contributed by atoms with Gasteiger partial charge >= 0.3 is 0 Å². The zero-order valence-electron chi connectivity index (χ0n) is 10.3. The summed E-state index contributed by atoms with van der Waals surface area (Å²) < 4.78 is 5.59. The first kappa shape index (κ1) is 14.2. The van der Waals surface area contributed by atoms with E-state index in [0.29, 0.717) is 18.1 Å². The highest BCUT2D eigenvalue weighted by molar-refractivity contribution is 5.92. The van der Waals surface area contributed by atoms with Crippen molar-refractivity contribution in [1.82, 2.24) is 5.32 Å². The van der Waals surface area contributed by atoms with Crippen molar-refractivity contribution in [3.63, 3.8) is 0 Å². The first-order chi connectivity index (χ1) is 6.97. The molecule has 0 bridgehead atoms. The summed E-state index contributed by atoms with van der Waals surface area (Å²) >= 11 is 0. The van der Waals surface area contributed by atoms with E-state index in [-0.39, 0.29) is 12.1 Å². The highest BCUT2D eigenvalue weighted by Crippen LogP contribution is 2.03. The van der Waals surface area contributed by atoms with Gasteiger partial charge in [0.05, 0.1) is 6.61 Å². The zero-order valence-corrected chi connectivity index (χ0v) is 10.3. The molecule has 1 amide bonds. The van der Waals surface area contributed by atoms with Crippen LogP contribution in [0.5, 0.6) is 0 Å². The van der Waals surface area contributed by atoms with Crippen LogP contribution in [0.3, 0.4) is 0 Å². The van der Waals surface area contributed by atoms with E-state index in [9.17, 15) is 4.79 Å². The molecule has 0 aromatic heterocycles. The Hall–Kier alpha value is -0.830. The Labute approximate surface area is 92.9 Å². The van der Waals surface area contributed by atoms with Crippen LogP contribution in [0.15, 0.2) is 12.2 Å². The summed E-state index contributed by atoms with van der Waals surface area (Å²) in [6.07, 6.45) is 1.65. The largest absolute Gasteiger partial charge is 0.358 e. The fraction of sp³-hybridized carbons (Fsp3) is 0.750. The van der Waals surface area contributed by atoms with Crippen molar-refractivity contribution in [2.75, 3.05) is 6.61 Å². The monoisotopic (exact) mass is 213 g/mol. The number of carbonyl (C=O) groups is 1. The molecule has 3 heteroatoms. The van der Waals surface area contributed by atoms with Gasteiger partial charge in [0.1, 0.15) is 6.23 Å². The predicted molar refractivity (Wildman–Crippen MR) is 62.4 cm³/mol. The van der Waals surface area contributed by atoms with Crippen LogP contribution >= 0.6 is 0 Å². The predicted octanol–water partition coefficient (Wildman–Crippen LogP) is 2.48. The molecule has 0 aliphatic rings. The van der Waals surface area contributed by atoms with Gasteiger partial charge in [-0.2, -0.15) is 0 Å². The number of nitrogens with one attached hydrogen (secondary N) is 1. The topological polar surface area (TPSA) is 38.3 Å². The Kier molecular flexibility index (Phi) is 7.05. The minimum Gasteiger partial charge on any atom is -0.358 e. The van der Waals surface area contributed by atoms with Crippen molar-refractivity contribution in [2.45, 2.75) is 46.8 Å². The van der Waals surface area contributed by atoms with Gasteiger partial charge in [-0.1, -0.05) is 33.8 Å². The van der Waals surface area contributed by atoms with Crippen LogP contribution in [0, 0.1) is 5.92 Å². The maximum atomic E-state index is 11.4. The van der Waals surface area contributed by atoms with Gasteiger partial charge in [-0.05, 0) is 19.3 Å². The molecule has 1 N–H and O–H groups in total. The van der Waals surface area contributed by atoms with Crippen LogP contribution in [0.25, 0.3) is 0 Å². The molecule has 0 aliphatic carbocycles. The quantitative estimate of drug-likeness (QED) is 0.521. The van der Waals surface area contributed by atoms with E-state index in [1.165, 1.54) is 0 Å². The maximum absolute atomic E-state index is 11.4. The number of ether oxygens (including phenoxy) is 1. The summed E-state index contributed by atoms with van der Waals surface area (Å²) in [5.41, 5.74) is 0.518. The maximum Gasteiger partial charge on any atom is 0.248 e. The Morgan fingerprint density at radius 3 is 2.47 bits per heavy atom. The molecule has 3 nitrogen and oxygen atoms in total. The molecule has 0 aromatic carbocycles. The minimum absolute atomic E-state index is 0.128. The molecule has 0 heterocycles. The van der Waals surface area contributed by atoms with Crippen molar-refractivity contribution >= 4 is 5.91 Å². The van der Waals surface area contributed by atoms with Gasteiger partial charge in [0.25, 0.3) is 0 Å². The molecular formula is C12H23NO2. The van der Waals surface area contributed by atoms with Crippen molar-refractivity contribution in [3.8, 4) is 0 Å². The number of hydrogen-bond donors (Lipinski definition) is 1. The third-order valence-corrected chi connectivity index (χ3v) is 1.86. The molecule has 0 fully saturated rings. The first-order valence-corrected chi connectivity index (χ1v) is 5.55. The zero-order chi connectivity index (χ0) is 11.8. The van der Waals surface area contributed by atoms with Crippen LogP contribution in [-0.4, -0.2) is 18.7 Å². The molecular weight excluding hydrogens is 190 g/mol. The van der Waals surface area contributed by atoms with E-state index in [0.717, 1.165) is 12.8 Å². The van der Waals surface area contributed by atoms with Gasteiger partial charge in [-0.3, -0.25) is 4.79 Å². The lowest BCUT2D eigenvalue weighted by Crippen LogP contribution is -2.37. The molecule has 0 rings (SSSR count). The SMILES string of the molecule is C=C(C)C(=O)NC(CCC)OCC(C)C. The van der Waals surface area contributed by atoms with Gasteiger partial charge in [-0.25, -0.2) is 0 Å². The number of amides is 1. The van der Waals surface area contributed by atoms with Crippen LogP contribution in [0.4, 0.5) is 0 Å². The molecule has 0 aliphatic heterocycles. The second-order valence-corrected chi connectivity index (χ2v) is 4.26. The average Bonchev–Trinajstić information content (AvgIpc) is 2.14. The Bertz CT molecular complexity index is 212. The number of carbonyl (C=O) groups excluding carboxylic acids is 1. The molecule has 0 aromatic rings. The van der Waals surface area contributed by atoms with Gasteiger partial charge in [0.15, 0.2) is 0 Å². The lowest BCUT2D eigenvalue weighted by molar-refractivity contribution is -0.122. The Morgan fingerprint density at radius 2 is 2.07 bits per heavy atom. The summed E-state index contributed by atoms with van der Waals surface area (Å²) in [6, 6.07) is 0. The Balaban J connectivity index is 4.03. The second kappa shape index (κ2) is 7.46. The minimum atomic E-state index is -0.179. The smallest absolute Gasteiger partial charge is 0.248 e. The molecule has 0 spiro atoms.